The molecule has 0 saturated carbocycles. The van der Waals surface area contributed by atoms with Gasteiger partial charge >= 0.3 is 5.20 Å². The van der Waals surface area contributed by atoms with Gasteiger partial charge in [0.2, 0.25) is 0 Å². The lowest BCUT2D eigenvalue weighted by molar-refractivity contribution is 0.0480. The maximum atomic E-state index is 9.51. The van der Waals surface area contributed by atoms with Gasteiger partial charge < -0.3 is 10.2 Å². The lowest BCUT2D eigenvalue weighted by atomic mass is 9.84. The highest BCUT2D eigenvalue weighted by molar-refractivity contribution is 8.24. The molecule has 0 aromatic heterocycles. The molecule has 3 nitrogen and oxygen atoms in total. The number of aliphatic hydroxyl groups excluding tert-OH is 2. The van der Waals surface area contributed by atoms with Crippen molar-refractivity contribution in [3.05, 3.63) is 0 Å². The van der Waals surface area contributed by atoms with Crippen molar-refractivity contribution in [2.75, 3.05) is 13.2 Å². The van der Waals surface area contributed by atoms with E-state index in [4.69, 9.17) is 10.2 Å². The standard InChI is InChI=1S/C7H16O2.Cl3OP/c1-3-7(4-2,5-8)6-9;1-5(2,3)4/h8-9H,3-6H2,1-2H3;. The minimum Gasteiger partial charge on any atom is -0.396 e. The van der Waals surface area contributed by atoms with Crippen molar-refractivity contribution in [1.29, 1.82) is 0 Å². The van der Waals surface area contributed by atoms with Crippen LogP contribution in [-0.2, 0) is 4.57 Å². The van der Waals surface area contributed by atoms with E-state index < -0.39 is 5.20 Å². The Morgan fingerprint density at radius 3 is 1.29 bits per heavy atom. The van der Waals surface area contributed by atoms with E-state index in [9.17, 15) is 4.57 Å². The lowest BCUT2D eigenvalue weighted by Crippen LogP contribution is -2.27. The molecule has 88 valence electrons. The average Bonchev–Trinajstić information content (AvgIpc) is 2.07. The van der Waals surface area contributed by atoms with E-state index in [0.29, 0.717) is 0 Å². The maximum Gasteiger partial charge on any atom is 0.339 e. The predicted molar refractivity (Wildman–Crippen MR) is 62.4 cm³/mol. The third kappa shape index (κ3) is 11.1. The van der Waals surface area contributed by atoms with Crippen molar-refractivity contribution >= 4 is 38.9 Å². The number of hydrogen-bond acceptors (Lipinski definition) is 3. The summed E-state index contributed by atoms with van der Waals surface area (Å²) < 4.78 is 9.51. The van der Waals surface area contributed by atoms with Crippen molar-refractivity contribution in [2.45, 2.75) is 26.7 Å². The Morgan fingerprint density at radius 2 is 1.29 bits per heavy atom. The fraction of sp³-hybridized carbons (Fsp3) is 1.00. The van der Waals surface area contributed by atoms with E-state index in [-0.39, 0.29) is 18.6 Å². The minimum absolute atomic E-state index is 0.0938. The van der Waals surface area contributed by atoms with E-state index in [1.807, 2.05) is 13.8 Å². The molecule has 0 radical (unpaired) electrons. The summed E-state index contributed by atoms with van der Waals surface area (Å²) >= 11 is 13.8. The van der Waals surface area contributed by atoms with Crippen molar-refractivity contribution < 1.29 is 14.8 Å². The van der Waals surface area contributed by atoms with Gasteiger partial charge in [-0.2, -0.15) is 0 Å². The molecule has 0 aliphatic heterocycles. The van der Waals surface area contributed by atoms with E-state index >= 15 is 0 Å². The number of halogens is 3. The molecule has 0 aliphatic rings. The first kappa shape index (κ1) is 17.4. The second-order valence-electron chi connectivity index (χ2n) is 2.92. The molecular formula is C7H16Cl3O3P. The van der Waals surface area contributed by atoms with Gasteiger partial charge in [-0.3, -0.25) is 4.57 Å². The highest BCUT2D eigenvalue weighted by Crippen LogP contribution is 2.61. The van der Waals surface area contributed by atoms with Crippen LogP contribution in [0.2, 0.25) is 0 Å². The van der Waals surface area contributed by atoms with E-state index in [0.717, 1.165) is 12.8 Å². The van der Waals surface area contributed by atoms with Crippen LogP contribution < -0.4 is 0 Å². The molecule has 0 spiro atoms. The van der Waals surface area contributed by atoms with Crippen molar-refractivity contribution in [3.63, 3.8) is 0 Å². The lowest BCUT2D eigenvalue weighted by Gasteiger charge is -2.25. The van der Waals surface area contributed by atoms with Gasteiger partial charge in [0, 0.05) is 5.41 Å². The molecule has 0 aliphatic carbocycles. The molecule has 0 atom stereocenters. The SMILES string of the molecule is CCC(CC)(CO)CO.O=P(Cl)(Cl)Cl. The Balaban J connectivity index is 0. The highest BCUT2D eigenvalue weighted by atomic mass is 36.0. The summed E-state index contributed by atoms with van der Waals surface area (Å²) in [6.45, 7) is 4.15. The normalized spacial score (nSPS) is 11.9. The summed E-state index contributed by atoms with van der Waals surface area (Å²) in [6, 6.07) is 0. The summed E-state index contributed by atoms with van der Waals surface area (Å²) in [7, 11) is 0. The van der Waals surface area contributed by atoms with Crippen molar-refractivity contribution in [2.24, 2.45) is 5.41 Å². The quantitative estimate of drug-likeness (QED) is 0.776. The van der Waals surface area contributed by atoms with Gasteiger partial charge in [-0.1, -0.05) is 13.8 Å². The fourth-order valence-corrected chi connectivity index (χ4v) is 0.747. The molecule has 2 N–H and O–H groups in total. The van der Waals surface area contributed by atoms with Crippen molar-refractivity contribution in [3.8, 4) is 0 Å². The van der Waals surface area contributed by atoms with Gasteiger partial charge in [0.05, 0.1) is 13.2 Å². The summed E-state index contributed by atoms with van der Waals surface area (Å²) in [6.07, 6.45) is 1.69. The largest absolute Gasteiger partial charge is 0.396 e. The van der Waals surface area contributed by atoms with Gasteiger partial charge in [-0.25, -0.2) is 0 Å². The summed E-state index contributed by atoms with van der Waals surface area (Å²) in [5, 5.41) is 14.4. The molecule has 0 fully saturated rings. The molecule has 14 heavy (non-hydrogen) atoms. The average molecular weight is 286 g/mol. The van der Waals surface area contributed by atoms with Crippen LogP contribution in [-0.4, -0.2) is 23.4 Å². The Hall–Kier alpha value is 1.02. The van der Waals surface area contributed by atoms with Crippen LogP contribution in [0.1, 0.15) is 26.7 Å². The Kier molecular flexibility index (Phi) is 10.2. The smallest absolute Gasteiger partial charge is 0.339 e. The highest BCUT2D eigenvalue weighted by Gasteiger charge is 2.23. The first-order chi connectivity index (χ1) is 6.24. The number of hydrogen-bond donors (Lipinski definition) is 2. The van der Waals surface area contributed by atoms with E-state index in [1.54, 1.807) is 0 Å². The predicted octanol–water partition coefficient (Wildman–Crippen LogP) is 3.59. The molecule has 0 aromatic carbocycles. The second kappa shape index (κ2) is 8.20. The monoisotopic (exact) mass is 284 g/mol. The van der Waals surface area contributed by atoms with Crippen LogP contribution in [0.5, 0.6) is 0 Å². The van der Waals surface area contributed by atoms with Gasteiger partial charge in [0.25, 0.3) is 0 Å². The molecular weight excluding hydrogens is 269 g/mol. The van der Waals surface area contributed by atoms with E-state index in [2.05, 4.69) is 33.7 Å². The Bertz CT molecular complexity index is 153. The van der Waals surface area contributed by atoms with E-state index in [1.165, 1.54) is 0 Å². The fourth-order valence-electron chi connectivity index (χ4n) is 0.747. The van der Waals surface area contributed by atoms with Gasteiger partial charge in [0.15, 0.2) is 0 Å². The zero-order valence-electron chi connectivity index (χ0n) is 8.21. The van der Waals surface area contributed by atoms with Gasteiger partial charge in [-0.15, -0.1) is 0 Å². The summed E-state index contributed by atoms with van der Waals surface area (Å²) in [4.78, 5) is 0. The zero-order valence-corrected chi connectivity index (χ0v) is 11.4. The summed E-state index contributed by atoms with van der Waals surface area (Å²) in [5.41, 5.74) is -0.222. The van der Waals surface area contributed by atoms with Crippen molar-refractivity contribution in [1.82, 2.24) is 0 Å². The maximum absolute atomic E-state index is 9.51. The summed E-state index contributed by atoms with van der Waals surface area (Å²) in [5.74, 6) is 0. The Labute approximate surface area is 99.1 Å². The topological polar surface area (TPSA) is 57.5 Å². The molecule has 7 heteroatoms. The molecule has 0 heterocycles. The molecule has 0 aromatic rings. The number of aliphatic hydroxyl groups is 2. The van der Waals surface area contributed by atoms with Crippen LogP contribution in [0.3, 0.4) is 0 Å². The third-order valence-electron chi connectivity index (χ3n) is 2.17. The van der Waals surface area contributed by atoms with Crippen LogP contribution >= 0.6 is 38.9 Å². The molecule has 0 rings (SSSR count). The zero-order chi connectivity index (χ0) is 11.8. The first-order valence-corrected chi connectivity index (χ1v) is 8.57. The van der Waals surface area contributed by atoms with Crippen LogP contribution in [0, 0.1) is 5.41 Å². The van der Waals surface area contributed by atoms with Gasteiger partial charge in [0.1, 0.15) is 0 Å². The van der Waals surface area contributed by atoms with Gasteiger partial charge in [-0.05, 0) is 46.6 Å². The number of rotatable bonds is 4. The van der Waals surface area contributed by atoms with Crippen LogP contribution in [0.4, 0.5) is 0 Å². The molecule has 0 saturated heterocycles. The molecule has 0 bridgehead atoms. The van der Waals surface area contributed by atoms with Crippen LogP contribution in [0.15, 0.2) is 0 Å². The van der Waals surface area contributed by atoms with Crippen LogP contribution in [0.25, 0.3) is 0 Å². The Morgan fingerprint density at radius 1 is 1.07 bits per heavy atom. The second-order valence-corrected chi connectivity index (χ2v) is 9.56. The first-order valence-electron chi connectivity index (χ1n) is 4.15. The molecule has 0 amide bonds. The third-order valence-corrected chi connectivity index (χ3v) is 2.17. The minimum atomic E-state index is -3.22. The molecule has 0 unspecified atom stereocenters.